The van der Waals surface area contributed by atoms with Crippen molar-refractivity contribution in [2.45, 2.75) is 6.92 Å². The van der Waals surface area contributed by atoms with Crippen LogP contribution in [0.1, 0.15) is 5.56 Å². The topological polar surface area (TPSA) is 151 Å². The maximum atomic E-state index is 9.67. The van der Waals surface area contributed by atoms with Gasteiger partial charge in [-0.2, -0.15) is 0 Å². The molecule has 0 saturated carbocycles. The van der Waals surface area contributed by atoms with Crippen LogP contribution in [-0.2, 0) is 47.4 Å². The second-order valence-electron chi connectivity index (χ2n) is 7.19. The fraction of sp³-hybridized carbons (Fsp3) is 0.760. The van der Waals surface area contributed by atoms with Crippen molar-refractivity contribution in [1.29, 1.82) is 0 Å². The lowest BCUT2D eigenvalue weighted by atomic mass is 10.2. The van der Waals surface area contributed by atoms with Crippen LogP contribution < -0.4 is 9.47 Å². The number of hydrogen-bond donors (Lipinski definition) is 2. The van der Waals surface area contributed by atoms with Crippen LogP contribution in [0.15, 0.2) is 4.47 Å². The maximum Gasteiger partial charge on any atom is 0.208 e. The van der Waals surface area contributed by atoms with Crippen LogP contribution in [0.25, 0.3) is 0 Å². The summed E-state index contributed by atoms with van der Waals surface area (Å²) in [4.78, 5) is 0. The first kappa shape index (κ1) is 40.6. The van der Waals surface area contributed by atoms with E-state index in [2.05, 4.69) is 15.9 Å². The number of aromatic hydroxyl groups is 2. The number of phenolic OH excluding ortho intramolecular Hbond substituents is 2. The Kier molecular flexibility index (Phi) is 30.9. The summed E-state index contributed by atoms with van der Waals surface area (Å²) in [6.07, 6.45) is 0. The molecule has 0 aromatic heterocycles. The SMILES string of the molecule is COCCOCOCOCCOC.COCCOCOCOCCOC.COc1c(O)c(C)c(Br)c(O)c1OC. The predicted molar refractivity (Wildman–Crippen MR) is 148 cm³/mol. The molecule has 1 aromatic carbocycles. The van der Waals surface area contributed by atoms with Gasteiger partial charge in [0.25, 0.3) is 0 Å². The molecule has 0 aliphatic carbocycles. The van der Waals surface area contributed by atoms with Gasteiger partial charge in [0.1, 0.15) is 27.2 Å². The summed E-state index contributed by atoms with van der Waals surface area (Å²) < 4.78 is 59.4. The molecule has 14 nitrogen and oxygen atoms in total. The van der Waals surface area contributed by atoms with Crippen LogP contribution in [-0.4, -0.2) is 133 Å². The van der Waals surface area contributed by atoms with Gasteiger partial charge in [0.2, 0.25) is 11.5 Å². The smallest absolute Gasteiger partial charge is 0.208 e. The van der Waals surface area contributed by atoms with Crippen molar-refractivity contribution in [1.82, 2.24) is 0 Å². The van der Waals surface area contributed by atoms with Crippen molar-refractivity contribution in [2.75, 3.05) is 123 Å². The molecule has 238 valence electrons. The van der Waals surface area contributed by atoms with E-state index in [1.165, 1.54) is 14.2 Å². The lowest BCUT2D eigenvalue weighted by Gasteiger charge is -2.14. The van der Waals surface area contributed by atoms with Crippen molar-refractivity contribution >= 4 is 15.9 Å². The Morgan fingerprint density at radius 3 is 1.05 bits per heavy atom. The van der Waals surface area contributed by atoms with E-state index in [0.717, 1.165) is 0 Å². The van der Waals surface area contributed by atoms with Crippen molar-refractivity contribution in [3.8, 4) is 23.0 Å². The van der Waals surface area contributed by atoms with Crippen molar-refractivity contribution in [2.24, 2.45) is 0 Å². The highest BCUT2D eigenvalue weighted by molar-refractivity contribution is 9.10. The molecule has 40 heavy (non-hydrogen) atoms. The highest BCUT2D eigenvalue weighted by atomic mass is 79.9. The predicted octanol–water partition coefficient (Wildman–Crippen LogP) is 2.67. The molecular formula is C25H47BrO14. The third kappa shape index (κ3) is 21.3. The van der Waals surface area contributed by atoms with Crippen LogP contribution in [0.2, 0.25) is 0 Å². The lowest BCUT2D eigenvalue weighted by Crippen LogP contribution is -2.10. The Hall–Kier alpha value is -1.50. The van der Waals surface area contributed by atoms with Crippen LogP contribution >= 0.6 is 15.9 Å². The third-order valence-electron chi connectivity index (χ3n) is 4.33. The normalized spacial score (nSPS) is 10.4. The Morgan fingerprint density at radius 2 is 0.775 bits per heavy atom. The van der Waals surface area contributed by atoms with E-state index in [4.69, 9.17) is 56.8 Å². The van der Waals surface area contributed by atoms with Gasteiger partial charge < -0.3 is 67.1 Å². The van der Waals surface area contributed by atoms with E-state index < -0.39 is 0 Å². The summed E-state index contributed by atoms with van der Waals surface area (Å²) in [5.41, 5.74) is 0.500. The summed E-state index contributed by atoms with van der Waals surface area (Å²) in [6, 6.07) is 0. The second kappa shape index (κ2) is 30.5. The molecule has 0 radical (unpaired) electrons. The molecule has 0 saturated heterocycles. The molecule has 2 N–H and O–H groups in total. The molecule has 0 bridgehead atoms. The van der Waals surface area contributed by atoms with E-state index in [1.807, 2.05) is 0 Å². The number of phenols is 2. The first-order valence-corrected chi connectivity index (χ1v) is 12.9. The number of methoxy groups -OCH3 is 6. The summed E-state index contributed by atoms with van der Waals surface area (Å²) in [5.74, 6) is 0.113. The number of rotatable bonds is 22. The van der Waals surface area contributed by atoms with Crippen LogP contribution in [0.4, 0.5) is 0 Å². The van der Waals surface area contributed by atoms with Crippen molar-refractivity contribution in [3.05, 3.63) is 10.0 Å². The fourth-order valence-electron chi connectivity index (χ4n) is 2.25. The van der Waals surface area contributed by atoms with Gasteiger partial charge in [-0.1, -0.05) is 0 Å². The average Bonchev–Trinajstić information content (AvgIpc) is 2.97. The van der Waals surface area contributed by atoms with Crippen LogP contribution in [0.5, 0.6) is 23.0 Å². The zero-order valence-electron chi connectivity index (χ0n) is 24.7. The monoisotopic (exact) mass is 650 g/mol. The van der Waals surface area contributed by atoms with Gasteiger partial charge in [-0.3, -0.25) is 0 Å². The largest absolute Gasteiger partial charge is 0.504 e. The van der Waals surface area contributed by atoms with Gasteiger partial charge in [0.05, 0.1) is 71.5 Å². The summed E-state index contributed by atoms with van der Waals surface area (Å²) in [6.45, 7) is 7.04. The molecular weight excluding hydrogens is 604 g/mol. The average molecular weight is 652 g/mol. The minimum absolute atomic E-state index is 0.0472. The standard InChI is InChI=1S/C9H11BrO4.2C8H18O5/c1-4-5(10)7(12)9(14-3)8(13-2)6(4)11;2*1-9-3-5-11-7-13-8-12-6-4-10-2/h11-12H,1-3H3;2*3-8H2,1-2H3. The van der Waals surface area contributed by atoms with Gasteiger partial charge in [0.15, 0.2) is 11.5 Å². The van der Waals surface area contributed by atoms with Crippen LogP contribution in [0, 0.1) is 6.92 Å². The van der Waals surface area contributed by atoms with Crippen molar-refractivity contribution < 1.29 is 67.1 Å². The summed E-state index contributed by atoms with van der Waals surface area (Å²) in [5, 5.41) is 19.3. The Morgan fingerprint density at radius 1 is 0.475 bits per heavy atom. The number of halogens is 1. The minimum atomic E-state index is -0.0837. The third-order valence-corrected chi connectivity index (χ3v) is 5.30. The Labute approximate surface area is 245 Å². The molecule has 0 fully saturated rings. The highest BCUT2D eigenvalue weighted by Crippen LogP contribution is 2.50. The lowest BCUT2D eigenvalue weighted by molar-refractivity contribution is -0.139. The first-order valence-electron chi connectivity index (χ1n) is 12.1. The molecule has 0 amide bonds. The Balaban J connectivity index is 0. The minimum Gasteiger partial charge on any atom is -0.504 e. The van der Waals surface area contributed by atoms with E-state index >= 15 is 0 Å². The zero-order valence-corrected chi connectivity index (χ0v) is 26.2. The molecule has 0 heterocycles. The zero-order chi connectivity index (χ0) is 30.4. The van der Waals surface area contributed by atoms with Crippen molar-refractivity contribution in [3.63, 3.8) is 0 Å². The summed E-state index contributed by atoms with van der Waals surface area (Å²) in [7, 11) is 9.27. The molecule has 0 aliphatic rings. The molecule has 0 atom stereocenters. The molecule has 15 heteroatoms. The maximum absolute atomic E-state index is 9.67. The van der Waals surface area contributed by atoms with E-state index in [1.54, 1.807) is 35.4 Å². The Bertz CT molecular complexity index is 619. The second-order valence-corrected chi connectivity index (χ2v) is 7.98. The molecule has 0 unspecified atom stereocenters. The van der Waals surface area contributed by atoms with E-state index in [0.29, 0.717) is 62.9 Å². The van der Waals surface area contributed by atoms with E-state index in [-0.39, 0.29) is 50.2 Å². The molecule has 0 aliphatic heterocycles. The van der Waals surface area contributed by atoms with Gasteiger partial charge in [-0.15, -0.1) is 0 Å². The number of ether oxygens (including phenoxy) is 12. The van der Waals surface area contributed by atoms with Gasteiger partial charge >= 0.3 is 0 Å². The van der Waals surface area contributed by atoms with Gasteiger partial charge in [-0.05, 0) is 22.9 Å². The molecule has 1 rings (SSSR count). The number of hydrogen-bond acceptors (Lipinski definition) is 14. The quantitative estimate of drug-likeness (QED) is 0.107. The van der Waals surface area contributed by atoms with Gasteiger partial charge in [0, 0.05) is 34.0 Å². The fourth-order valence-corrected chi connectivity index (χ4v) is 2.62. The highest BCUT2D eigenvalue weighted by Gasteiger charge is 2.21. The first-order chi connectivity index (χ1) is 19.4. The van der Waals surface area contributed by atoms with Crippen LogP contribution in [0.3, 0.4) is 0 Å². The molecule has 0 spiro atoms. The van der Waals surface area contributed by atoms with E-state index in [9.17, 15) is 10.2 Å². The molecule has 1 aromatic rings. The summed E-state index contributed by atoms with van der Waals surface area (Å²) >= 11 is 3.14. The number of benzene rings is 1. The van der Waals surface area contributed by atoms with Gasteiger partial charge in [-0.25, -0.2) is 0 Å².